The standard InChI is InChI=1S/C8H12/c1-6-4-7-2-3-8(6)5-7/h2-3,6-8H,4-5H2,1H3/t6-,7-,8-/m1/s1. The summed E-state index contributed by atoms with van der Waals surface area (Å²) in [5.74, 6) is 2.92. The van der Waals surface area contributed by atoms with Crippen LogP contribution in [0, 0.1) is 17.8 Å². The number of hydrogen-bond acceptors (Lipinski definition) is 0. The monoisotopic (exact) mass is 108 g/mol. The van der Waals surface area contributed by atoms with Gasteiger partial charge in [-0.25, -0.2) is 0 Å². The van der Waals surface area contributed by atoms with Crippen LogP contribution in [0.25, 0.3) is 0 Å². The fraction of sp³-hybridized carbons (Fsp3) is 0.750. The van der Waals surface area contributed by atoms with Crippen molar-refractivity contribution < 1.29 is 0 Å². The highest BCUT2D eigenvalue weighted by Crippen LogP contribution is 2.42. The van der Waals surface area contributed by atoms with Crippen molar-refractivity contribution in [3.8, 4) is 0 Å². The summed E-state index contributed by atoms with van der Waals surface area (Å²) < 4.78 is 0. The van der Waals surface area contributed by atoms with Crippen molar-refractivity contribution in [2.24, 2.45) is 17.8 Å². The van der Waals surface area contributed by atoms with E-state index in [1.54, 1.807) is 0 Å². The van der Waals surface area contributed by atoms with Crippen LogP contribution in [0.5, 0.6) is 0 Å². The van der Waals surface area contributed by atoms with Crippen molar-refractivity contribution >= 4 is 0 Å². The molecule has 2 bridgehead atoms. The van der Waals surface area contributed by atoms with Gasteiger partial charge < -0.3 is 0 Å². The second-order valence-corrected chi connectivity index (χ2v) is 3.26. The van der Waals surface area contributed by atoms with Gasteiger partial charge in [-0.1, -0.05) is 19.1 Å². The molecule has 0 aliphatic heterocycles. The zero-order chi connectivity index (χ0) is 5.56. The van der Waals surface area contributed by atoms with Crippen LogP contribution in [0.15, 0.2) is 12.2 Å². The molecule has 0 amide bonds. The van der Waals surface area contributed by atoms with Crippen molar-refractivity contribution in [2.75, 3.05) is 0 Å². The van der Waals surface area contributed by atoms with E-state index in [9.17, 15) is 0 Å². The predicted octanol–water partition coefficient (Wildman–Crippen LogP) is 2.22. The van der Waals surface area contributed by atoms with Crippen LogP contribution in [0.4, 0.5) is 0 Å². The van der Waals surface area contributed by atoms with Crippen molar-refractivity contribution in [2.45, 2.75) is 19.8 Å². The molecule has 0 unspecified atom stereocenters. The lowest BCUT2D eigenvalue weighted by Crippen LogP contribution is -1.99. The summed E-state index contributed by atoms with van der Waals surface area (Å²) >= 11 is 0. The maximum atomic E-state index is 2.40. The number of allylic oxidation sites excluding steroid dienone is 2. The first kappa shape index (κ1) is 4.60. The summed E-state index contributed by atoms with van der Waals surface area (Å²) in [5, 5.41) is 0. The topological polar surface area (TPSA) is 0 Å². The first-order valence-corrected chi connectivity index (χ1v) is 3.54. The Kier molecular flexibility index (Phi) is 0.787. The van der Waals surface area contributed by atoms with E-state index in [-0.39, 0.29) is 0 Å². The first-order valence-electron chi connectivity index (χ1n) is 3.54. The Labute approximate surface area is 50.6 Å². The van der Waals surface area contributed by atoms with Gasteiger partial charge in [0.1, 0.15) is 0 Å². The summed E-state index contributed by atoms with van der Waals surface area (Å²) in [4.78, 5) is 0. The van der Waals surface area contributed by atoms with E-state index in [0.717, 1.165) is 17.8 Å². The van der Waals surface area contributed by atoms with E-state index in [0.29, 0.717) is 0 Å². The van der Waals surface area contributed by atoms with Crippen LogP contribution in [0.2, 0.25) is 0 Å². The summed E-state index contributed by atoms with van der Waals surface area (Å²) in [5.41, 5.74) is 0. The maximum absolute atomic E-state index is 2.40. The fourth-order valence-corrected chi connectivity index (χ4v) is 2.06. The SMILES string of the molecule is C[C@@H]1C[C@H]2C=C[C@@H]1C2. The molecule has 8 heavy (non-hydrogen) atoms. The van der Waals surface area contributed by atoms with Crippen molar-refractivity contribution in [1.82, 2.24) is 0 Å². The molecule has 0 radical (unpaired) electrons. The van der Waals surface area contributed by atoms with Crippen molar-refractivity contribution in [3.05, 3.63) is 12.2 Å². The molecule has 0 nitrogen and oxygen atoms in total. The molecule has 2 aliphatic carbocycles. The van der Waals surface area contributed by atoms with E-state index in [1.165, 1.54) is 12.8 Å². The van der Waals surface area contributed by atoms with Crippen molar-refractivity contribution in [3.63, 3.8) is 0 Å². The third-order valence-electron chi connectivity index (χ3n) is 2.61. The molecule has 1 fully saturated rings. The molecular weight excluding hydrogens is 96.1 g/mol. The first-order chi connectivity index (χ1) is 3.86. The Morgan fingerprint density at radius 2 is 2.12 bits per heavy atom. The van der Waals surface area contributed by atoms with Crippen LogP contribution in [0.3, 0.4) is 0 Å². The molecule has 0 heteroatoms. The Morgan fingerprint density at radius 3 is 2.38 bits per heavy atom. The highest BCUT2D eigenvalue weighted by Gasteiger charge is 2.32. The van der Waals surface area contributed by atoms with Gasteiger partial charge in [0, 0.05) is 0 Å². The minimum absolute atomic E-state index is 0.958. The second-order valence-electron chi connectivity index (χ2n) is 3.26. The van der Waals surface area contributed by atoms with E-state index in [1.807, 2.05) is 0 Å². The molecule has 0 aromatic carbocycles. The number of hydrogen-bond donors (Lipinski definition) is 0. The Morgan fingerprint density at radius 1 is 1.25 bits per heavy atom. The van der Waals surface area contributed by atoms with Gasteiger partial charge in [0.15, 0.2) is 0 Å². The zero-order valence-electron chi connectivity index (χ0n) is 5.30. The van der Waals surface area contributed by atoms with Crippen LogP contribution in [-0.4, -0.2) is 0 Å². The lowest BCUT2D eigenvalue weighted by molar-refractivity contribution is 0.493. The van der Waals surface area contributed by atoms with Gasteiger partial charge in [-0.15, -0.1) is 0 Å². The average Bonchev–Trinajstić information content (AvgIpc) is 2.23. The summed E-state index contributed by atoms with van der Waals surface area (Å²) in [6, 6.07) is 0. The van der Waals surface area contributed by atoms with Gasteiger partial charge in [-0.2, -0.15) is 0 Å². The van der Waals surface area contributed by atoms with Gasteiger partial charge in [-0.05, 0) is 30.6 Å². The van der Waals surface area contributed by atoms with E-state index < -0.39 is 0 Å². The Balaban J connectivity index is 2.23. The molecule has 0 heterocycles. The predicted molar refractivity (Wildman–Crippen MR) is 34.5 cm³/mol. The highest BCUT2D eigenvalue weighted by atomic mass is 14.4. The molecule has 0 N–H and O–H groups in total. The van der Waals surface area contributed by atoms with Crippen LogP contribution >= 0.6 is 0 Å². The van der Waals surface area contributed by atoms with Gasteiger partial charge in [0.05, 0.1) is 0 Å². The van der Waals surface area contributed by atoms with Gasteiger partial charge in [0.25, 0.3) is 0 Å². The zero-order valence-corrected chi connectivity index (χ0v) is 5.30. The molecule has 0 aromatic heterocycles. The molecular formula is C8H12. The lowest BCUT2D eigenvalue weighted by Gasteiger charge is -2.09. The third-order valence-corrected chi connectivity index (χ3v) is 2.61. The normalized spacial score (nSPS) is 50.9. The molecule has 2 aliphatic rings. The largest absolute Gasteiger partial charge is 0.0851 e. The molecule has 1 saturated carbocycles. The van der Waals surface area contributed by atoms with E-state index in [4.69, 9.17) is 0 Å². The van der Waals surface area contributed by atoms with Crippen LogP contribution < -0.4 is 0 Å². The third kappa shape index (κ3) is 0.460. The Bertz CT molecular complexity index is 124. The number of rotatable bonds is 0. The smallest absolute Gasteiger partial charge is 0.0202 e. The average molecular weight is 108 g/mol. The highest BCUT2D eigenvalue weighted by molar-refractivity contribution is 5.08. The minimum atomic E-state index is 0.958. The lowest BCUT2D eigenvalue weighted by atomic mass is 9.96. The molecule has 0 saturated heterocycles. The van der Waals surface area contributed by atoms with Gasteiger partial charge in [0.2, 0.25) is 0 Å². The van der Waals surface area contributed by atoms with Crippen molar-refractivity contribution in [1.29, 1.82) is 0 Å². The van der Waals surface area contributed by atoms with E-state index in [2.05, 4.69) is 19.1 Å². The van der Waals surface area contributed by atoms with Gasteiger partial charge >= 0.3 is 0 Å². The second kappa shape index (κ2) is 1.37. The molecule has 3 atom stereocenters. The van der Waals surface area contributed by atoms with E-state index >= 15 is 0 Å². The fourth-order valence-electron chi connectivity index (χ4n) is 2.06. The minimum Gasteiger partial charge on any atom is -0.0851 e. The number of fused-ring (bicyclic) bond motifs is 2. The molecule has 44 valence electrons. The molecule has 0 aromatic rings. The summed E-state index contributed by atoms with van der Waals surface area (Å²) in [7, 11) is 0. The summed E-state index contributed by atoms with van der Waals surface area (Å²) in [6.45, 7) is 2.37. The quantitative estimate of drug-likeness (QED) is 0.417. The molecule has 0 spiro atoms. The van der Waals surface area contributed by atoms with Gasteiger partial charge in [-0.3, -0.25) is 0 Å². The van der Waals surface area contributed by atoms with Crippen LogP contribution in [0.1, 0.15) is 19.8 Å². The Hall–Kier alpha value is -0.260. The maximum Gasteiger partial charge on any atom is -0.0202 e. The molecule has 2 rings (SSSR count). The van der Waals surface area contributed by atoms with Crippen LogP contribution in [-0.2, 0) is 0 Å². The summed E-state index contributed by atoms with van der Waals surface area (Å²) in [6.07, 6.45) is 7.71.